The minimum Gasteiger partial charge on any atom is -0.481 e. The Morgan fingerprint density at radius 3 is 2.27 bits per heavy atom. The molecule has 3 atom stereocenters. The molecule has 0 aromatic heterocycles. The zero-order valence-electron chi connectivity index (χ0n) is 24.4. The number of nitrogens with zero attached hydrogens (tertiary/aromatic N) is 2. The summed E-state index contributed by atoms with van der Waals surface area (Å²) in [5.41, 5.74) is 4.11. The van der Waals surface area contributed by atoms with Crippen LogP contribution in [0.15, 0.2) is 48.5 Å². The number of carboxylic acids is 1. The second-order valence-corrected chi connectivity index (χ2v) is 12.6. The minimum absolute atomic E-state index is 0.00164. The van der Waals surface area contributed by atoms with Crippen molar-refractivity contribution >= 4 is 18.2 Å². The average Bonchev–Trinajstić information content (AvgIpc) is 3.26. The molecule has 2 aromatic carbocycles. The topological polar surface area (TPSA) is 96.4 Å². The van der Waals surface area contributed by atoms with Crippen LogP contribution in [0, 0.1) is 5.92 Å². The Hall–Kier alpha value is -3.55. The number of amides is 2. The fraction of sp³-hybridized carbons (Fsp3) is 0.545. The van der Waals surface area contributed by atoms with Crippen molar-refractivity contribution in [1.82, 2.24) is 9.80 Å². The van der Waals surface area contributed by atoms with E-state index >= 15 is 0 Å². The van der Waals surface area contributed by atoms with Crippen LogP contribution in [0.2, 0.25) is 0 Å². The van der Waals surface area contributed by atoms with E-state index in [9.17, 15) is 19.5 Å². The van der Waals surface area contributed by atoms with Gasteiger partial charge in [0, 0.05) is 37.5 Å². The molecule has 0 radical (unpaired) electrons. The molecule has 1 heterocycles. The van der Waals surface area contributed by atoms with Crippen molar-refractivity contribution in [3.8, 4) is 11.1 Å². The molecule has 1 saturated heterocycles. The van der Waals surface area contributed by atoms with Crippen LogP contribution in [-0.4, -0.2) is 70.4 Å². The molecule has 3 unspecified atom stereocenters. The summed E-state index contributed by atoms with van der Waals surface area (Å²) < 4.78 is 11.7. The van der Waals surface area contributed by atoms with Gasteiger partial charge >= 0.3 is 18.2 Å². The normalized spacial score (nSPS) is 21.8. The molecule has 2 fully saturated rings. The SMILES string of the molecule is CC(C)(C)OC(=O)N1CCCC2CC(N(CCCC(=O)O)C(=O)OCC3c4ccccc4-c4ccccc43)CCC21. The van der Waals surface area contributed by atoms with Crippen LogP contribution in [0.1, 0.15) is 82.8 Å². The van der Waals surface area contributed by atoms with E-state index in [4.69, 9.17) is 9.47 Å². The van der Waals surface area contributed by atoms with Gasteiger partial charge in [-0.3, -0.25) is 4.79 Å². The van der Waals surface area contributed by atoms with Gasteiger partial charge in [0.15, 0.2) is 0 Å². The Morgan fingerprint density at radius 2 is 1.63 bits per heavy atom. The van der Waals surface area contributed by atoms with Crippen LogP contribution >= 0.6 is 0 Å². The number of carbonyl (C=O) groups excluding carboxylic acids is 2. The predicted octanol–water partition coefficient (Wildman–Crippen LogP) is 6.67. The van der Waals surface area contributed by atoms with Crippen molar-refractivity contribution in [3.63, 3.8) is 0 Å². The Morgan fingerprint density at radius 1 is 0.976 bits per heavy atom. The van der Waals surface area contributed by atoms with E-state index in [2.05, 4.69) is 24.3 Å². The molecule has 8 nitrogen and oxygen atoms in total. The molecule has 1 saturated carbocycles. The summed E-state index contributed by atoms with van der Waals surface area (Å²) in [6.45, 7) is 6.90. The first-order valence-corrected chi connectivity index (χ1v) is 15.0. The zero-order chi connectivity index (χ0) is 29.1. The van der Waals surface area contributed by atoms with E-state index in [0.29, 0.717) is 19.5 Å². The number of carboxylic acid groups (broad SMARTS) is 1. The molecule has 1 N–H and O–H groups in total. The van der Waals surface area contributed by atoms with Crippen molar-refractivity contribution in [1.29, 1.82) is 0 Å². The van der Waals surface area contributed by atoms with E-state index < -0.39 is 11.6 Å². The molecular formula is C33H42N2O6. The highest BCUT2D eigenvalue weighted by molar-refractivity contribution is 5.79. The zero-order valence-corrected chi connectivity index (χ0v) is 24.4. The molecule has 41 heavy (non-hydrogen) atoms. The van der Waals surface area contributed by atoms with Gasteiger partial charge in [0.2, 0.25) is 0 Å². The highest BCUT2D eigenvalue weighted by atomic mass is 16.6. The maximum Gasteiger partial charge on any atom is 0.410 e. The Bertz CT molecular complexity index is 1220. The van der Waals surface area contributed by atoms with Gasteiger partial charge < -0.3 is 24.4 Å². The van der Waals surface area contributed by atoms with Crippen molar-refractivity contribution in [3.05, 3.63) is 59.7 Å². The third-order valence-electron chi connectivity index (χ3n) is 8.72. The third-order valence-corrected chi connectivity index (χ3v) is 8.72. The van der Waals surface area contributed by atoms with Crippen LogP contribution in [0.3, 0.4) is 0 Å². The maximum atomic E-state index is 13.7. The third kappa shape index (κ3) is 6.52. The number of piperidine rings is 1. The van der Waals surface area contributed by atoms with Crippen LogP contribution in [0.4, 0.5) is 9.59 Å². The lowest BCUT2D eigenvalue weighted by molar-refractivity contribution is -0.137. The van der Waals surface area contributed by atoms with Gasteiger partial charge in [-0.15, -0.1) is 0 Å². The molecule has 2 aliphatic carbocycles. The Kier molecular flexibility index (Phi) is 8.57. The lowest BCUT2D eigenvalue weighted by atomic mass is 9.76. The lowest BCUT2D eigenvalue weighted by Gasteiger charge is -2.47. The van der Waals surface area contributed by atoms with Gasteiger partial charge in [0.25, 0.3) is 0 Å². The first-order valence-electron chi connectivity index (χ1n) is 15.0. The molecule has 2 amide bonds. The number of rotatable bonds is 7. The average molecular weight is 563 g/mol. The molecular weight excluding hydrogens is 520 g/mol. The van der Waals surface area contributed by atoms with Gasteiger partial charge in [0.1, 0.15) is 12.2 Å². The molecule has 8 heteroatoms. The highest BCUT2D eigenvalue weighted by Crippen LogP contribution is 2.45. The molecule has 220 valence electrons. The summed E-state index contributed by atoms with van der Waals surface area (Å²) in [5, 5.41) is 9.24. The summed E-state index contributed by atoms with van der Waals surface area (Å²) in [6.07, 6.45) is 3.89. The summed E-state index contributed by atoms with van der Waals surface area (Å²) in [7, 11) is 0. The summed E-state index contributed by atoms with van der Waals surface area (Å²) in [6, 6.07) is 16.5. The highest BCUT2D eigenvalue weighted by Gasteiger charge is 2.42. The standard InChI is InChI=1S/C33H42N2O6/c1-33(2,3)41-32(39)35-19-8-10-22-20-23(16-17-29(22)35)34(18-9-15-30(36)37)31(38)40-21-28-26-13-6-4-11-24(26)25-12-5-7-14-27(25)28/h4-7,11-14,22-23,28-29H,8-10,15-21H2,1-3H3,(H,36,37). The first-order chi connectivity index (χ1) is 19.6. The number of fused-ring (bicyclic) bond motifs is 4. The van der Waals surface area contributed by atoms with E-state index in [1.54, 1.807) is 4.90 Å². The molecule has 0 spiro atoms. The number of ether oxygens (including phenoxy) is 2. The van der Waals surface area contributed by atoms with E-state index in [0.717, 1.165) is 43.2 Å². The molecule has 1 aliphatic heterocycles. The molecule has 2 aromatic rings. The molecule has 5 rings (SSSR count). The first kappa shape index (κ1) is 29.0. The van der Waals surface area contributed by atoms with Gasteiger partial charge in [0.05, 0.1) is 0 Å². The van der Waals surface area contributed by atoms with Crippen molar-refractivity contribution in [2.24, 2.45) is 5.92 Å². The number of hydrogen-bond donors (Lipinski definition) is 1. The van der Waals surface area contributed by atoms with Crippen LogP contribution < -0.4 is 0 Å². The van der Waals surface area contributed by atoms with Crippen LogP contribution in [0.25, 0.3) is 11.1 Å². The van der Waals surface area contributed by atoms with E-state index in [1.807, 2.05) is 49.9 Å². The van der Waals surface area contributed by atoms with Crippen molar-refractivity contribution < 1.29 is 29.0 Å². The number of aliphatic carboxylic acids is 1. The molecule has 3 aliphatic rings. The van der Waals surface area contributed by atoms with Gasteiger partial charge in [-0.25, -0.2) is 9.59 Å². The monoisotopic (exact) mass is 562 g/mol. The number of benzene rings is 2. The summed E-state index contributed by atoms with van der Waals surface area (Å²) >= 11 is 0. The number of carbonyl (C=O) groups is 3. The van der Waals surface area contributed by atoms with E-state index in [-0.39, 0.29) is 49.1 Å². The fourth-order valence-electron chi connectivity index (χ4n) is 6.96. The number of hydrogen-bond acceptors (Lipinski definition) is 5. The van der Waals surface area contributed by atoms with Gasteiger partial charge in [-0.1, -0.05) is 48.5 Å². The fourth-order valence-corrected chi connectivity index (χ4v) is 6.96. The van der Waals surface area contributed by atoms with Gasteiger partial charge in [-0.05, 0) is 87.5 Å². The second-order valence-electron chi connectivity index (χ2n) is 12.6. The van der Waals surface area contributed by atoms with Gasteiger partial charge in [-0.2, -0.15) is 0 Å². The van der Waals surface area contributed by atoms with Crippen molar-refractivity contribution in [2.45, 2.75) is 89.3 Å². The second kappa shape index (κ2) is 12.1. The van der Waals surface area contributed by atoms with E-state index in [1.165, 1.54) is 11.1 Å². The summed E-state index contributed by atoms with van der Waals surface area (Å²) in [4.78, 5) is 41.5. The maximum absolute atomic E-state index is 13.7. The van der Waals surface area contributed by atoms with Crippen molar-refractivity contribution in [2.75, 3.05) is 19.7 Å². The van der Waals surface area contributed by atoms with Crippen LogP contribution in [0.5, 0.6) is 0 Å². The predicted molar refractivity (Wildman–Crippen MR) is 156 cm³/mol. The molecule has 0 bridgehead atoms. The Balaban J connectivity index is 1.28. The smallest absolute Gasteiger partial charge is 0.410 e. The quantitative estimate of drug-likeness (QED) is 0.405. The number of likely N-dealkylation sites (tertiary alicyclic amines) is 1. The minimum atomic E-state index is -0.874. The summed E-state index contributed by atoms with van der Waals surface area (Å²) in [5.74, 6) is -0.649. The lowest BCUT2D eigenvalue weighted by Crippen LogP contribution is -2.55. The largest absolute Gasteiger partial charge is 0.481 e. The van der Waals surface area contributed by atoms with Crippen LogP contribution in [-0.2, 0) is 14.3 Å². The Labute approximate surface area is 242 Å².